The molecule has 82 valence electrons. The normalized spacial score (nSPS) is 25.6. The molecule has 14 heavy (non-hydrogen) atoms. The number of carbonyl (C=O) groups is 1. The summed E-state index contributed by atoms with van der Waals surface area (Å²) in [5.41, 5.74) is 10.9. The van der Waals surface area contributed by atoms with Crippen LogP contribution in [0.15, 0.2) is 0 Å². The molecule has 0 aromatic rings. The Morgan fingerprint density at radius 2 is 2.29 bits per heavy atom. The van der Waals surface area contributed by atoms with Crippen molar-refractivity contribution in [3.05, 3.63) is 0 Å². The molecule has 0 radical (unpaired) electrons. The van der Waals surface area contributed by atoms with Crippen molar-refractivity contribution in [2.75, 3.05) is 19.6 Å². The molecule has 2 atom stereocenters. The summed E-state index contributed by atoms with van der Waals surface area (Å²) in [6, 6.07) is -0.291. The molecular formula is C10H21N3O. The molecule has 4 nitrogen and oxygen atoms in total. The van der Waals surface area contributed by atoms with Crippen molar-refractivity contribution in [1.82, 2.24) is 4.90 Å². The standard InChI is InChI=1S/C10H21N3O/c1-8(6-11)9-4-2-3-5-13(7-9)10(12)14/h8-9H,2-7,11H2,1H3,(H2,12,14). The molecule has 0 aromatic carbocycles. The van der Waals surface area contributed by atoms with E-state index in [4.69, 9.17) is 11.5 Å². The quantitative estimate of drug-likeness (QED) is 0.689. The molecule has 4 N–H and O–H groups in total. The first kappa shape index (κ1) is 11.3. The van der Waals surface area contributed by atoms with Gasteiger partial charge in [-0.2, -0.15) is 0 Å². The lowest BCUT2D eigenvalue weighted by atomic mass is 9.90. The van der Waals surface area contributed by atoms with Gasteiger partial charge in [0, 0.05) is 13.1 Å². The molecule has 0 spiro atoms. The molecular weight excluding hydrogens is 178 g/mol. The Labute approximate surface area is 85.6 Å². The molecule has 2 unspecified atom stereocenters. The molecule has 0 aromatic heterocycles. The predicted molar refractivity (Wildman–Crippen MR) is 56.7 cm³/mol. The highest BCUT2D eigenvalue weighted by molar-refractivity contribution is 5.71. The highest BCUT2D eigenvalue weighted by atomic mass is 16.2. The minimum absolute atomic E-state index is 0.291. The topological polar surface area (TPSA) is 72.3 Å². The van der Waals surface area contributed by atoms with Gasteiger partial charge >= 0.3 is 6.03 Å². The van der Waals surface area contributed by atoms with Crippen LogP contribution in [0.4, 0.5) is 4.79 Å². The van der Waals surface area contributed by atoms with Crippen LogP contribution in [0.5, 0.6) is 0 Å². The lowest BCUT2D eigenvalue weighted by Crippen LogP contribution is -2.40. The summed E-state index contributed by atoms with van der Waals surface area (Å²) >= 11 is 0. The Balaban J connectivity index is 2.55. The van der Waals surface area contributed by atoms with E-state index in [0.717, 1.165) is 19.5 Å². The first-order valence-electron chi connectivity index (χ1n) is 5.39. The number of urea groups is 1. The Kier molecular flexibility index (Phi) is 4.20. The average molecular weight is 199 g/mol. The van der Waals surface area contributed by atoms with Crippen LogP contribution in [-0.4, -0.2) is 30.6 Å². The summed E-state index contributed by atoms with van der Waals surface area (Å²) in [6.07, 6.45) is 3.41. The van der Waals surface area contributed by atoms with Gasteiger partial charge in [-0.3, -0.25) is 0 Å². The van der Waals surface area contributed by atoms with Gasteiger partial charge in [0.1, 0.15) is 0 Å². The van der Waals surface area contributed by atoms with Crippen LogP contribution in [0.25, 0.3) is 0 Å². The van der Waals surface area contributed by atoms with Gasteiger partial charge < -0.3 is 16.4 Å². The summed E-state index contributed by atoms with van der Waals surface area (Å²) in [5, 5.41) is 0. The lowest BCUT2D eigenvalue weighted by Gasteiger charge is -2.26. The molecule has 1 fully saturated rings. The zero-order chi connectivity index (χ0) is 10.6. The summed E-state index contributed by atoms with van der Waals surface area (Å²) in [4.78, 5) is 12.8. The smallest absolute Gasteiger partial charge is 0.314 e. The Hall–Kier alpha value is -0.770. The van der Waals surface area contributed by atoms with Crippen LogP contribution in [0, 0.1) is 11.8 Å². The number of nitrogens with zero attached hydrogens (tertiary/aromatic N) is 1. The van der Waals surface area contributed by atoms with E-state index in [1.54, 1.807) is 4.90 Å². The molecule has 1 rings (SSSR count). The van der Waals surface area contributed by atoms with E-state index in [2.05, 4.69) is 6.92 Å². The van der Waals surface area contributed by atoms with Gasteiger partial charge in [-0.25, -0.2) is 4.79 Å². The van der Waals surface area contributed by atoms with Gasteiger partial charge in [-0.05, 0) is 31.2 Å². The fourth-order valence-corrected chi connectivity index (χ4v) is 2.03. The maximum Gasteiger partial charge on any atom is 0.314 e. The first-order valence-corrected chi connectivity index (χ1v) is 5.39. The van der Waals surface area contributed by atoms with Crippen molar-refractivity contribution in [3.8, 4) is 0 Å². The molecule has 4 heteroatoms. The second kappa shape index (κ2) is 5.20. The summed E-state index contributed by atoms with van der Waals surface area (Å²) in [7, 11) is 0. The first-order chi connectivity index (χ1) is 6.65. The molecule has 2 amide bonds. The number of amides is 2. The number of carbonyl (C=O) groups excluding carboxylic acids is 1. The van der Waals surface area contributed by atoms with E-state index in [1.165, 1.54) is 12.8 Å². The minimum Gasteiger partial charge on any atom is -0.351 e. The zero-order valence-corrected chi connectivity index (χ0v) is 8.91. The third kappa shape index (κ3) is 2.87. The summed E-state index contributed by atoms with van der Waals surface area (Å²) in [6.45, 7) is 4.43. The van der Waals surface area contributed by atoms with E-state index in [0.29, 0.717) is 18.4 Å². The minimum atomic E-state index is -0.291. The van der Waals surface area contributed by atoms with Crippen LogP contribution in [0.1, 0.15) is 26.2 Å². The second-order valence-corrected chi connectivity index (χ2v) is 4.25. The van der Waals surface area contributed by atoms with Crippen molar-refractivity contribution in [2.24, 2.45) is 23.3 Å². The second-order valence-electron chi connectivity index (χ2n) is 4.25. The van der Waals surface area contributed by atoms with E-state index < -0.39 is 0 Å². The maximum absolute atomic E-state index is 11.1. The van der Waals surface area contributed by atoms with E-state index in [-0.39, 0.29) is 6.03 Å². The molecule has 1 saturated heterocycles. The molecule has 0 bridgehead atoms. The van der Waals surface area contributed by atoms with Gasteiger partial charge in [-0.15, -0.1) is 0 Å². The van der Waals surface area contributed by atoms with E-state index >= 15 is 0 Å². The number of nitrogens with two attached hydrogens (primary N) is 2. The zero-order valence-electron chi connectivity index (χ0n) is 8.91. The molecule has 1 aliphatic heterocycles. The third-order valence-electron chi connectivity index (χ3n) is 3.20. The van der Waals surface area contributed by atoms with Gasteiger partial charge in [0.15, 0.2) is 0 Å². The van der Waals surface area contributed by atoms with Crippen LogP contribution >= 0.6 is 0 Å². The molecule has 1 aliphatic rings. The number of primary amides is 1. The van der Waals surface area contributed by atoms with Crippen LogP contribution in [-0.2, 0) is 0 Å². The third-order valence-corrected chi connectivity index (χ3v) is 3.20. The highest BCUT2D eigenvalue weighted by Crippen LogP contribution is 2.22. The Morgan fingerprint density at radius 1 is 1.57 bits per heavy atom. The fraction of sp³-hybridized carbons (Fsp3) is 0.900. The predicted octanol–water partition coefficient (Wildman–Crippen LogP) is 0.762. The summed E-state index contributed by atoms with van der Waals surface area (Å²) in [5.74, 6) is 1.00. The maximum atomic E-state index is 11.1. The number of likely N-dealkylation sites (tertiary alicyclic amines) is 1. The lowest BCUT2D eigenvalue weighted by molar-refractivity contribution is 0.192. The summed E-state index contributed by atoms with van der Waals surface area (Å²) < 4.78 is 0. The van der Waals surface area contributed by atoms with Gasteiger partial charge in [0.25, 0.3) is 0 Å². The monoisotopic (exact) mass is 199 g/mol. The Morgan fingerprint density at radius 3 is 2.86 bits per heavy atom. The van der Waals surface area contributed by atoms with Crippen molar-refractivity contribution >= 4 is 6.03 Å². The molecule has 1 heterocycles. The van der Waals surface area contributed by atoms with Gasteiger partial charge in [0.2, 0.25) is 0 Å². The van der Waals surface area contributed by atoms with E-state index in [9.17, 15) is 4.79 Å². The van der Waals surface area contributed by atoms with Crippen molar-refractivity contribution < 1.29 is 4.79 Å². The SMILES string of the molecule is CC(CN)C1CCCCN(C(N)=O)C1. The van der Waals surface area contributed by atoms with Gasteiger partial charge in [-0.1, -0.05) is 13.3 Å². The van der Waals surface area contributed by atoms with Crippen LogP contribution in [0.2, 0.25) is 0 Å². The van der Waals surface area contributed by atoms with Crippen LogP contribution in [0.3, 0.4) is 0 Å². The van der Waals surface area contributed by atoms with Crippen molar-refractivity contribution in [1.29, 1.82) is 0 Å². The van der Waals surface area contributed by atoms with Crippen molar-refractivity contribution in [3.63, 3.8) is 0 Å². The van der Waals surface area contributed by atoms with Crippen LogP contribution < -0.4 is 11.5 Å². The molecule has 0 aliphatic carbocycles. The van der Waals surface area contributed by atoms with E-state index in [1.807, 2.05) is 0 Å². The molecule has 0 saturated carbocycles. The van der Waals surface area contributed by atoms with Crippen molar-refractivity contribution in [2.45, 2.75) is 26.2 Å². The van der Waals surface area contributed by atoms with Gasteiger partial charge in [0.05, 0.1) is 0 Å². The number of hydrogen-bond donors (Lipinski definition) is 2. The Bertz CT molecular complexity index is 196. The largest absolute Gasteiger partial charge is 0.351 e. The fourth-order valence-electron chi connectivity index (χ4n) is 2.03. The average Bonchev–Trinajstić information content (AvgIpc) is 2.41. The number of hydrogen-bond acceptors (Lipinski definition) is 2. The highest BCUT2D eigenvalue weighted by Gasteiger charge is 2.23. The number of rotatable bonds is 2.